The average Bonchev–Trinajstić information content (AvgIpc) is 2.50. The molecule has 0 atom stereocenters. The van der Waals surface area contributed by atoms with Crippen molar-refractivity contribution in [1.29, 1.82) is 0 Å². The van der Waals surface area contributed by atoms with Crippen molar-refractivity contribution in [3.05, 3.63) is 58.2 Å². The Morgan fingerprint density at radius 2 is 1.95 bits per heavy atom. The van der Waals surface area contributed by atoms with Gasteiger partial charge in [0, 0.05) is 16.1 Å². The summed E-state index contributed by atoms with van der Waals surface area (Å²) in [6, 6.07) is 13.1. The van der Waals surface area contributed by atoms with Gasteiger partial charge in [-0.3, -0.25) is 0 Å². The van der Waals surface area contributed by atoms with E-state index < -0.39 is 0 Å². The van der Waals surface area contributed by atoms with Gasteiger partial charge < -0.3 is 9.47 Å². The van der Waals surface area contributed by atoms with Gasteiger partial charge in [-0.1, -0.05) is 27.5 Å². The van der Waals surface area contributed by atoms with Crippen LogP contribution in [0, 0.1) is 0 Å². The van der Waals surface area contributed by atoms with Crippen LogP contribution in [0.2, 0.25) is 5.02 Å². The molecule has 1 aromatic heterocycles. The summed E-state index contributed by atoms with van der Waals surface area (Å²) in [4.78, 5) is 4.29. The summed E-state index contributed by atoms with van der Waals surface area (Å²) in [6.07, 6.45) is 1.70. The van der Waals surface area contributed by atoms with Crippen molar-refractivity contribution in [2.24, 2.45) is 0 Å². The fourth-order valence-electron chi connectivity index (χ4n) is 2.00. The summed E-state index contributed by atoms with van der Waals surface area (Å²) in [6.45, 7) is 0. The highest BCUT2D eigenvalue weighted by molar-refractivity contribution is 9.10. The zero-order chi connectivity index (χ0) is 14.8. The third kappa shape index (κ3) is 2.96. The zero-order valence-corrected chi connectivity index (χ0v) is 13.5. The highest BCUT2D eigenvalue weighted by Gasteiger charge is 2.09. The summed E-state index contributed by atoms with van der Waals surface area (Å²) in [5.41, 5.74) is 0. The van der Waals surface area contributed by atoms with Crippen LogP contribution in [-0.4, -0.2) is 12.1 Å². The van der Waals surface area contributed by atoms with Crippen molar-refractivity contribution in [1.82, 2.24) is 4.98 Å². The van der Waals surface area contributed by atoms with E-state index in [1.807, 2.05) is 36.4 Å². The second-order valence-electron chi connectivity index (χ2n) is 4.38. The van der Waals surface area contributed by atoms with Crippen molar-refractivity contribution in [2.45, 2.75) is 0 Å². The standard InChI is InChI=1S/C16H11BrClNO2/c1-20-12-3-4-13-10(8-12)6-7-19-16(13)21-15-9-11(17)2-5-14(15)18/h2-9H,1H3. The normalized spacial score (nSPS) is 10.6. The number of halogens is 2. The monoisotopic (exact) mass is 363 g/mol. The third-order valence-corrected chi connectivity index (χ3v) is 3.84. The first-order valence-corrected chi connectivity index (χ1v) is 7.40. The molecule has 21 heavy (non-hydrogen) atoms. The predicted molar refractivity (Wildman–Crippen MR) is 87.5 cm³/mol. The molecule has 1 heterocycles. The largest absolute Gasteiger partial charge is 0.497 e. The highest BCUT2D eigenvalue weighted by Crippen LogP contribution is 2.34. The molecule has 0 aliphatic heterocycles. The summed E-state index contributed by atoms with van der Waals surface area (Å²) in [5, 5.41) is 2.42. The van der Waals surface area contributed by atoms with Crippen molar-refractivity contribution in [2.75, 3.05) is 7.11 Å². The lowest BCUT2D eigenvalue weighted by atomic mass is 10.1. The van der Waals surface area contributed by atoms with E-state index in [-0.39, 0.29) is 0 Å². The van der Waals surface area contributed by atoms with Crippen LogP contribution in [0.4, 0.5) is 0 Å². The molecule has 0 amide bonds. The number of aromatic nitrogens is 1. The number of benzene rings is 2. The van der Waals surface area contributed by atoms with Crippen molar-refractivity contribution < 1.29 is 9.47 Å². The first-order chi connectivity index (χ1) is 10.2. The first kappa shape index (κ1) is 14.2. The third-order valence-electron chi connectivity index (χ3n) is 3.03. The second kappa shape index (κ2) is 5.92. The van der Waals surface area contributed by atoms with Gasteiger partial charge in [0.15, 0.2) is 0 Å². The van der Waals surface area contributed by atoms with Crippen LogP contribution in [0.3, 0.4) is 0 Å². The Morgan fingerprint density at radius 1 is 1.10 bits per heavy atom. The Kier molecular flexibility index (Phi) is 3.99. The maximum atomic E-state index is 6.15. The Bertz CT molecular complexity index is 807. The molecular formula is C16H11BrClNO2. The minimum absolute atomic E-state index is 0.509. The van der Waals surface area contributed by atoms with Crippen molar-refractivity contribution >= 4 is 38.3 Å². The maximum Gasteiger partial charge on any atom is 0.227 e. The molecule has 3 aromatic rings. The van der Waals surface area contributed by atoms with E-state index in [0.717, 1.165) is 21.0 Å². The van der Waals surface area contributed by atoms with Crippen molar-refractivity contribution in [3.63, 3.8) is 0 Å². The lowest BCUT2D eigenvalue weighted by Crippen LogP contribution is -1.91. The summed E-state index contributed by atoms with van der Waals surface area (Å²) < 4.78 is 12.0. The summed E-state index contributed by atoms with van der Waals surface area (Å²) >= 11 is 9.55. The van der Waals surface area contributed by atoms with Gasteiger partial charge in [-0.2, -0.15) is 0 Å². The van der Waals surface area contributed by atoms with Crippen LogP contribution in [-0.2, 0) is 0 Å². The number of hydrogen-bond donors (Lipinski definition) is 0. The first-order valence-electron chi connectivity index (χ1n) is 6.23. The molecule has 0 fully saturated rings. The molecule has 0 saturated carbocycles. The molecule has 3 rings (SSSR count). The lowest BCUT2D eigenvalue weighted by molar-refractivity contribution is 0.415. The number of nitrogens with zero attached hydrogens (tertiary/aromatic N) is 1. The molecular weight excluding hydrogens is 354 g/mol. The number of pyridine rings is 1. The molecule has 0 saturated heterocycles. The van der Waals surface area contributed by atoms with Crippen LogP contribution in [0.25, 0.3) is 10.8 Å². The van der Waals surface area contributed by atoms with Crippen LogP contribution in [0.5, 0.6) is 17.4 Å². The molecule has 0 aliphatic carbocycles. The Labute approximate surface area is 135 Å². The number of methoxy groups -OCH3 is 1. The molecule has 0 N–H and O–H groups in total. The molecule has 5 heteroatoms. The van der Waals surface area contributed by atoms with Gasteiger partial charge in [0.1, 0.15) is 11.5 Å². The van der Waals surface area contributed by atoms with E-state index in [4.69, 9.17) is 21.1 Å². The molecule has 0 unspecified atom stereocenters. The molecule has 0 bridgehead atoms. The number of hydrogen-bond acceptors (Lipinski definition) is 3. The lowest BCUT2D eigenvalue weighted by Gasteiger charge is -2.10. The molecule has 0 aliphatic rings. The number of rotatable bonds is 3. The second-order valence-corrected chi connectivity index (χ2v) is 5.70. The van der Waals surface area contributed by atoms with Gasteiger partial charge >= 0.3 is 0 Å². The molecule has 2 aromatic carbocycles. The molecule has 106 valence electrons. The van der Waals surface area contributed by atoms with Gasteiger partial charge in [0.25, 0.3) is 0 Å². The average molecular weight is 365 g/mol. The van der Waals surface area contributed by atoms with Crippen LogP contribution < -0.4 is 9.47 Å². The van der Waals surface area contributed by atoms with Crippen LogP contribution >= 0.6 is 27.5 Å². The van der Waals surface area contributed by atoms with E-state index >= 15 is 0 Å². The zero-order valence-electron chi connectivity index (χ0n) is 11.1. The van der Waals surface area contributed by atoms with Gasteiger partial charge in [-0.05, 0) is 47.9 Å². The minimum atomic E-state index is 0.509. The fraction of sp³-hybridized carbons (Fsp3) is 0.0625. The van der Waals surface area contributed by atoms with E-state index in [2.05, 4.69) is 20.9 Å². The number of fused-ring (bicyclic) bond motifs is 1. The quantitative estimate of drug-likeness (QED) is 0.619. The van der Waals surface area contributed by atoms with E-state index in [0.29, 0.717) is 16.7 Å². The summed E-state index contributed by atoms with van der Waals surface area (Å²) in [7, 11) is 1.64. The minimum Gasteiger partial charge on any atom is -0.497 e. The van der Waals surface area contributed by atoms with E-state index in [1.165, 1.54) is 0 Å². The molecule has 0 spiro atoms. The molecule has 0 radical (unpaired) electrons. The van der Waals surface area contributed by atoms with Gasteiger partial charge in [0.2, 0.25) is 5.88 Å². The van der Waals surface area contributed by atoms with E-state index in [9.17, 15) is 0 Å². The SMILES string of the molecule is COc1ccc2c(Oc3cc(Br)ccc3Cl)nccc2c1. The Hall–Kier alpha value is -1.78. The fourth-order valence-corrected chi connectivity index (χ4v) is 2.49. The number of ether oxygens (including phenoxy) is 2. The smallest absolute Gasteiger partial charge is 0.227 e. The highest BCUT2D eigenvalue weighted by atomic mass is 79.9. The predicted octanol–water partition coefficient (Wildman–Crippen LogP) is 5.45. The van der Waals surface area contributed by atoms with Gasteiger partial charge in [-0.15, -0.1) is 0 Å². The maximum absolute atomic E-state index is 6.15. The van der Waals surface area contributed by atoms with Gasteiger partial charge in [0.05, 0.1) is 12.1 Å². The van der Waals surface area contributed by atoms with E-state index in [1.54, 1.807) is 19.4 Å². The van der Waals surface area contributed by atoms with Crippen LogP contribution in [0.1, 0.15) is 0 Å². The Balaban J connectivity index is 2.06. The Morgan fingerprint density at radius 3 is 2.76 bits per heavy atom. The summed E-state index contributed by atoms with van der Waals surface area (Å²) in [5.74, 6) is 1.86. The molecule has 3 nitrogen and oxygen atoms in total. The van der Waals surface area contributed by atoms with Crippen LogP contribution in [0.15, 0.2) is 53.1 Å². The van der Waals surface area contributed by atoms with Gasteiger partial charge in [-0.25, -0.2) is 4.98 Å². The van der Waals surface area contributed by atoms with Crippen molar-refractivity contribution in [3.8, 4) is 17.4 Å². The topological polar surface area (TPSA) is 31.4 Å².